The highest BCUT2D eigenvalue weighted by molar-refractivity contribution is 9.10. The Bertz CT molecular complexity index is 606. The third kappa shape index (κ3) is 3.57. The summed E-state index contributed by atoms with van der Waals surface area (Å²) < 4.78 is 38.0. The van der Waals surface area contributed by atoms with Crippen LogP contribution in [0.25, 0.3) is 0 Å². The fourth-order valence-corrected chi connectivity index (χ4v) is 4.30. The van der Waals surface area contributed by atoms with E-state index in [9.17, 15) is 8.42 Å². The Morgan fingerprint density at radius 2 is 2.24 bits per heavy atom. The van der Waals surface area contributed by atoms with Gasteiger partial charge in [0.25, 0.3) is 0 Å². The lowest BCUT2D eigenvalue weighted by molar-refractivity contribution is -0.0120. The summed E-state index contributed by atoms with van der Waals surface area (Å²) in [6, 6.07) is 4.49. The normalized spacial score (nSPS) is 22.0. The Morgan fingerprint density at radius 3 is 2.81 bits per heavy atom. The summed E-state index contributed by atoms with van der Waals surface area (Å²) >= 11 is 3.31. The van der Waals surface area contributed by atoms with Crippen LogP contribution in [0.15, 0.2) is 27.6 Å². The summed E-state index contributed by atoms with van der Waals surface area (Å²) in [5.41, 5.74) is 5.80. The molecule has 1 aliphatic rings. The number of ether oxygens (including phenoxy) is 2. The van der Waals surface area contributed by atoms with Crippen molar-refractivity contribution in [3.05, 3.63) is 22.7 Å². The van der Waals surface area contributed by atoms with Gasteiger partial charge in [-0.15, -0.1) is 0 Å². The van der Waals surface area contributed by atoms with Crippen LogP contribution in [-0.2, 0) is 14.8 Å². The molecule has 1 heterocycles. The molecule has 0 spiro atoms. The van der Waals surface area contributed by atoms with Crippen molar-refractivity contribution in [2.45, 2.75) is 24.0 Å². The summed E-state index contributed by atoms with van der Waals surface area (Å²) in [6.45, 7) is 2.76. The van der Waals surface area contributed by atoms with E-state index in [0.717, 1.165) is 0 Å². The van der Waals surface area contributed by atoms with Gasteiger partial charge in [0.2, 0.25) is 10.0 Å². The highest BCUT2D eigenvalue weighted by Crippen LogP contribution is 2.29. The molecule has 118 valence electrons. The first-order valence-electron chi connectivity index (χ1n) is 6.57. The second-order valence-electron chi connectivity index (χ2n) is 4.93. The zero-order valence-electron chi connectivity index (χ0n) is 12.0. The molecule has 2 unspecified atom stereocenters. The number of morpholine rings is 1. The van der Waals surface area contributed by atoms with Gasteiger partial charge in [-0.05, 0) is 41.1 Å². The highest BCUT2D eigenvalue weighted by atomic mass is 79.9. The van der Waals surface area contributed by atoms with Gasteiger partial charge in [0.1, 0.15) is 5.75 Å². The standard InChI is InChI=1S/C13H19BrN2O4S/c1-9(15)13-8-16(5-6-20-13)21(17,18)10-3-4-12(19-2)11(14)7-10/h3-4,7,9,13H,5-6,8,15H2,1-2H3. The monoisotopic (exact) mass is 378 g/mol. The molecule has 0 bridgehead atoms. The van der Waals surface area contributed by atoms with Gasteiger partial charge in [-0.25, -0.2) is 8.42 Å². The molecule has 2 N–H and O–H groups in total. The van der Waals surface area contributed by atoms with E-state index in [1.54, 1.807) is 12.1 Å². The minimum Gasteiger partial charge on any atom is -0.496 e. The average Bonchev–Trinajstić information content (AvgIpc) is 2.47. The Morgan fingerprint density at radius 1 is 1.52 bits per heavy atom. The lowest BCUT2D eigenvalue weighted by atomic mass is 10.2. The second-order valence-corrected chi connectivity index (χ2v) is 7.72. The van der Waals surface area contributed by atoms with Crippen molar-refractivity contribution >= 4 is 26.0 Å². The van der Waals surface area contributed by atoms with Crippen molar-refractivity contribution in [1.82, 2.24) is 4.31 Å². The maximum atomic E-state index is 12.7. The van der Waals surface area contributed by atoms with Gasteiger partial charge < -0.3 is 15.2 Å². The zero-order chi connectivity index (χ0) is 15.6. The lowest BCUT2D eigenvalue weighted by Gasteiger charge is -2.33. The summed E-state index contributed by atoms with van der Waals surface area (Å²) in [5, 5.41) is 0. The number of benzene rings is 1. The molecule has 1 aliphatic heterocycles. The number of hydrogen-bond donors (Lipinski definition) is 1. The van der Waals surface area contributed by atoms with Crippen molar-refractivity contribution < 1.29 is 17.9 Å². The van der Waals surface area contributed by atoms with Gasteiger partial charge in [0.15, 0.2) is 0 Å². The molecule has 1 saturated heterocycles. The minimum absolute atomic E-state index is 0.217. The van der Waals surface area contributed by atoms with E-state index in [1.807, 2.05) is 6.92 Å². The maximum Gasteiger partial charge on any atom is 0.243 e. The average molecular weight is 379 g/mol. The lowest BCUT2D eigenvalue weighted by Crippen LogP contribution is -2.51. The van der Waals surface area contributed by atoms with Crippen molar-refractivity contribution in [3.63, 3.8) is 0 Å². The van der Waals surface area contributed by atoms with Crippen molar-refractivity contribution in [3.8, 4) is 5.75 Å². The number of halogens is 1. The van der Waals surface area contributed by atoms with Gasteiger partial charge in [-0.2, -0.15) is 4.31 Å². The van der Waals surface area contributed by atoms with Gasteiger partial charge in [-0.3, -0.25) is 0 Å². The third-order valence-corrected chi connectivity index (χ3v) is 5.88. The maximum absolute atomic E-state index is 12.7. The highest BCUT2D eigenvalue weighted by Gasteiger charge is 2.32. The SMILES string of the molecule is COc1ccc(S(=O)(=O)N2CCOC(C(C)N)C2)cc1Br. The zero-order valence-corrected chi connectivity index (χ0v) is 14.4. The molecule has 0 aliphatic carbocycles. The van der Waals surface area contributed by atoms with Crippen LogP contribution in [0.2, 0.25) is 0 Å². The van der Waals surface area contributed by atoms with Crippen LogP contribution in [-0.4, -0.2) is 51.7 Å². The number of nitrogens with zero attached hydrogens (tertiary/aromatic N) is 1. The molecular formula is C13H19BrN2O4S. The van der Waals surface area contributed by atoms with E-state index in [2.05, 4.69) is 15.9 Å². The molecule has 1 aromatic rings. The first-order valence-corrected chi connectivity index (χ1v) is 8.80. The summed E-state index contributed by atoms with van der Waals surface area (Å²) in [4.78, 5) is 0.223. The molecule has 21 heavy (non-hydrogen) atoms. The first-order chi connectivity index (χ1) is 9.86. The van der Waals surface area contributed by atoms with Crippen molar-refractivity contribution in [1.29, 1.82) is 0 Å². The number of methoxy groups -OCH3 is 1. The summed E-state index contributed by atoms with van der Waals surface area (Å²) in [7, 11) is -2.03. The molecule has 0 aromatic heterocycles. The van der Waals surface area contributed by atoms with Gasteiger partial charge in [0.05, 0.1) is 29.2 Å². The topological polar surface area (TPSA) is 81.9 Å². The predicted molar refractivity (Wildman–Crippen MR) is 82.8 cm³/mol. The van der Waals surface area contributed by atoms with Crippen LogP contribution in [0.4, 0.5) is 0 Å². The molecule has 0 radical (unpaired) electrons. The summed E-state index contributed by atoms with van der Waals surface area (Å²) in [5.74, 6) is 0.587. The molecule has 0 amide bonds. The number of hydrogen-bond acceptors (Lipinski definition) is 5. The van der Waals surface area contributed by atoms with E-state index < -0.39 is 10.0 Å². The van der Waals surface area contributed by atoms with E-state index in [-0.39, 0.29) is 23.6 Å². The van der Waals surface area contributed by atoms with E-state index in [4.69, 9.17) is 15.2 Å². The summed E-state index contributed by atoms with van der Waals surface area (Å²) in [6.07, 6.45) is -0.282. The second kappa shape index (κ2) is 6.62. The van der Waals surface area contributed by atoms with Crippen LogP contribution in [0, 0.1) is 0 Å². The first kappa shape index (κ1) is 16.7. The van der Waals surface area contributed by atoms with E-state index >= 15 is 0 Å². The van der Waals surface area contributed by atoms with Gasteiger partial charge >= 0.3 is 0 Å². The van der Waals surface area contributed by atoms with E-state index in [0.29, 0.717) is 23.4 Å². The fraction of sp³-hybridized carbons (Fsp3) is 0.538. The van der Waals surface area contributed by atoms with Crippen LogP contribution in [0.3, 0.4) is 0 Å². The molecular weight excluding hydrogens is 360 g/mol. The quantitative estimate of drug-likeness (QED) is 0.850. The largest absolute Gasteiger partial charge is 0.496 e. The van der Waals surface area contributed by atoms with Gasteiger partial charge in [-0.1, -0.05) is 0 Å². The third-order valence-electron chi connectivity index (χ3n) is 3.40. The van der Waals surface area contributed by atoms with E-state index in [1.165, 1.54) is 17.5 Å². The molecule has 6 nitrogen and oxygen atoms in total. The molecule has 0 saturated carbocycles. The number of sulfonamides is 1. The Balaban J connectivity index is 2.27. The minimum atomic E-state index is -3.56. The molecule has 2 atom stereocenters. The van der Waals surface area contributed by atoms with Crippen molar-refractivity contribution in [2.75, 3.05) is 26.8 Å². The molecule has 1 fully saturated rings. The Labute approximate surface area is 133 Å². The Kier molecular flexibility index (Phi) is 5.26. The molecule has 1 aromatic carbocycles. The predicted octanol–water partition coefficient (Wildman–Crippen LogP) is 1.19. The Hall–Kier alpha value is -0.670. The molecule has 2 rings (SSSR count). The smallest absolute Gasteiger partial charge is 0.243 e. The molecule has 8 heteroatoms. The van der Waals surface area contributed by atoms with Crippen molar-refractivity contribution in [2.24, 2.45) is 5.73 Å². The van der Waals surface area contributed by atoms with Gasteiger partial charge in [0, 0.05) is 19.1 Å². The van der Waals surface area contributed by atoms with Crippen LogP contribution < -0.4 is 10.5 Å². The van der Waals surface area contributed by atoms with Crippen LogP contribution >= 0.6 is 15.9 Å². The number of rotatable bonds is 4. The fourth-order valence-electron chi connectivity index (χ4n) is 2.14. The number of nitrogens with two attached hydrogens (primary N) is 1. The van der Waals surface area contributed by atoms with Crippen LogP contribution in [0.5, 0.6) is 5.75 Å². The van der Waals surface area contributed by atoms with Crippen LogP contribution in [0.1, 0.15) is 6.92 Å².